The first kappa shape index (κ1) is 13.7. The van der Waals surface area contributed by atoms with Crippen LogP contribution in [-0.2, 0) is 4.79 Å². The zero-order valence-electron chi connectivity index (χ0n) is 11.3. The minimum Gasteiger partial charge on any atom is -0.325 e. The van der Waals surface area contributed by atoms with Gasteiger partial charge >= 0.3 is 0 Å². The van der Waals surface area contributed by atoms with Crippen LogP contribution in [0, 0.1) is 19.3 Å². The lowest BCUT2D eigenvalue weighted by molar-refractivity contribution is -0.119. The number of benzene rings is 1. The molecule has 0 fully saturated rings. The molecule has 0 heterocycles. The van der Waals surface area contributed by atoms with E-state index in [4.69, 9.17) is 5.73 Å². The molecule has 0 radical (unpaired) electrons. The fraction of sp³-hybridized carbons (Fsp3) is 0.500. The topological polar surface area (TPSA) is 55.1 Å². The first-order valence-electron chi connectivity index (χ1n) is 5.85. The Bertz CT molecular complexity index is 419. The van der Waals surface area contributed by atoms with Gasteiger partial charge < -0.3 is 11.1 Å². The van der Waals surface area contributed by atoms with Gasteiger partial charge in [-0.1, -0.05) is 26.8 Å². The van der Waals surface area contributed by atoms with Crippen molar-refractivity contribution in [2.24, 2.45) is 11.1 Å². The average Bonchev–Trinajstić information content (AvgIpc) is 2.21. The van der Waals surface area contributed by atoms with Crippen molar-refractivity contribution in [3.8, 4) is 0 Å². The van der Waals surface area contributed by atoms with Crippen LogP contribution in [0.15, 0.2) is 18.2 Å². The Morgan fingerprint density at radius 3 is 2.29 bits per heavy atom. The summed E-state index contributed by atoms with van der Waals surface area (Å²) in [4.78, 5) is 11.9. The number of anilines is 1. The molecule has 3 nitrogen and oxygen atoms in total. The number of carbonyl (C=O) groups excluding carboxylic acids is 1. The van der Waals surface area contributed by atoms with Crippen molar-refractivity contribution in [3.05, 3.63) is 29.3 Å². The molecular formula is C14H22N2O. The van der Waals surface area contributed by atoms with Crippen LogP contribution in [0.25, 0.3) is 0 Å². The molecule has 0 aliphatic rings. The van der Waals surface area contributed by atoms with Gasteiger partial charge in [-0.25, -0.2) is 0 Å². The second-order valence-electron chi connectivity index (χ2n) is 5.63. The van der Waals surface area contributed by atoms with Crippen LogP contribution >= 0.6 is 0 Å². The van der Waals surface area contributed by atoms with Crippen LogP contribution in [0.2, 0.25) is 0 Å². The first-order valence-corrected chi connectivity index (χ1v) is 5.85. The Labute approximate surface area is 103 Å². The molecule has 0 saturated carbocycles. The summed E-state index contributed by atoms with van der Waals surface area (Å²) in [5, 5.41) is 2.85. The number of amides is 1. The minimum atomic E-state index is -0.510. The summed E-state index contributed by atoms with van der Waals surface area (Å²) < 4.78 is 0. The molecule has 0 aromatic heterocycles. The maximum absolute atomic E-state index is 11.9. The van der Waals surface area contributed by atoms with E-state index in [0.29, 0.717) is 0 Å². The third-order valence-corrected chi connectivity index (χ3v) is 2.99. The van der Waals surface area contributed by atoms with Crippen LogP contribution in [0.4, 0.5) is 5.69 Å². The number of nitrogens with two attached hydrogens (primary N) is 1. The smallest absolute Gasteiger partial charge is 0.241 e. The largest absolute Gasteiger partial charge is 0.325 e. The predicted molar refractivity (Wildman–Crippen MR) is 72.0 cm³/mol. The highest BCUT2D eigenvalue weighted by Crippen LogP contribution is 2.20. The fourth-order valence-corrected chi connectivity index (χ4v) is 1.43. The van der Waals surface area contributed by atoms with Crippen molar-refractivity contribution in [1.82, 2.24) is 0 Å². The molecular weight excluding hydrogens is 212 g/mol. The van der Waals surface area contributed by atoms with E-state index in [0.717, 1.165) is 11.3 Å². The molecule has 1 aromatic rings. The van der Waals surface area contributed by atoms with E-state index in [1.165, 1.54) is 5.56 Å². The molecule has 1 aromatic carbocycles. The molecule has 1 rings (SSSR count). The molecule has 0 aliphatic carbocycles. The summed E-state index contributed by atoms with van der Waals surface area (Å²) in [5.74, 6) is -0.138. The molecule has 3 N–H and O–H groups in total. The van der Waals surface area contributed by atoms with Gasteiger partial charge in [-0.15, -0.1) is 0 Å². The maximum atomic E-state index is 11.9. The quantitative estimate of drug-likeness (QED) is 0.826. The summed E-state index contributed by atoms with van der Waals surface area (Å²) in [6, 6.07) is 5.34. The fourth-order valence-electron chi connectivity index (χ4n) is 1.43. The number of nitrogens with one attached hydrogen (secondary N) is 1. The molecule has 0 bridgehead atoms. The van der Waals surface area contributed by atoms with Crippen LogP contribution < -0.4 is 11.1 Å². The number of hydrogen-bond donors (Lipinski definition) is 2. The van der Waals surface area contributed by atoms with Crippen LogP contribution in [-0.4, -0.2) is 11.9 Å². The van der Waals surface area contributed by atoms with Gasteiger partial charge in [0.15, 0.2) is 0 Å². The summed E-state index contributed by atoms with van der Waals surface area (Å²) in [6.45, 7) is 9.93. The van der Waals surface area contributed by atoms with E-state index in [9.17, 15) is 4.79 Å². The van der Waals surface area contributed by atoms with Crippen LogP contribution in [0.3, 0.4) is 0 Å². The van der Waals surface area contributed by atoms with Crippen molar-refractivity contribution < 1.29 is 4.79 Å². The average molecular weight is 234 g/mol. The number of hydrogen-bond acceptors (Lipinski definition) is 2. The summed E-state index contributed by atoms with van der Waals surface area (Å²) >= 11 is 0. The predicted octanol–water partition coefficient (Wildman–Crippen LogP) is 2.62. The van der Waals surface area contributed by atoms with Crippen LogP contribution in [0.5, 0.6) is 0 Å². The Kier molecular flexibility index (Phi) is 3.94. The number of aryl methyl sites for hydroxylation is 2. The van der Waals surface area contributed by atoms with Crippen molar-refractivity contribution in [2.75, 3.05) is 5.32 Å². The van der Waals surface area contributed by atoms with Gasteiger partial charge in [0.1, 0.15) is 0 Å². The van der Waals surface area contributed by atoms with Gasteiger partial charge in [0.25, 0.3) is 0 Å². The van der Waals surface area contributed by atoms with E-state index in [-0.39, 0.29) is 11.3 Å². The van der Waals surface area contributed by atoms with Gasteiger partial charge in [-0.2, -0.15) is 0 Å². The summed E-state index contributed by atoms with van der Waals surface area (Å²) in [6.07, 6.45) is 0. The van der Waals surface area contributed by atoms with E-state index >= 15 is 0 Å². The molecule has 0 unspecified atom stereocenters. The van der Waals surface area contributed by atoms with Gasteiger partial charge in [0, 0.05) is 5.69 Å². The van der Waals surface area contributed by atoms with Crippen molar-refractivity contribution in [2.45, 2.75) is 40.7 Å². The van der Waals surface area contributed by atoms with Crippen molar-refractivity contribution >= 4 is 11.6 Å². The summed E-state index contributed by atoms with van der Waals surface area (Å²) in [7, 11) is 0. The molecule has 1 amide bonds. The molecule has 0 saturated heterocycles. The molecule has 17 heavy (non-hydrogen) atoms. The highest BCUT2D eigenvalue weighted by molar-refractivity contribution is 5.95. The van der Waals surface area contributed by atoms with E-state index in [2.05, 4.69) is 5.32 Å². The molecule has 3 heteroatoms. The first-order chi connectivity index (χ1) is 7.71. The monoisotopic (exact) mass is 234 g/mol. The van der Waals surface area contributed by atoms with Crippen molar-refractivity contribution in [1.29, 1.82) is 0 Å². The highest BCUT2D eigenvalue weighted by Gasteiger charge is 2.27. The lowest BCUT2D eigenvalue weighted by Gasteiger charge is -2.25. The number of carbonyl (C=O) groups is 1. The van der Waals surface area contributed by atoms with Gasteiger partial charge in [-0.05, 0) is 42.5 Å². The second kappa shape index (κ2) is 4.88. The molecule has 1 atom stereocenters. The zero-order valence-corrected chi connectivity index (χ0v) is 11.3. The lowest BCUT2D eigenvalue weighted by Crippen LogP contribution is -2.45. The van der Waals surface area contributed by atoms with Crippen molar-refractivity contribution in [3.63, 3.8) is 0 Å². The lowest BCUT2D eigenvalue weighted by atomic mass is 9.87. The SMILES string of the molecule is Cc1ccc(NC(=O)[C@@H](N)C(C)(C)C)cc1C. The Morgan fingerprint density at radius 1 is 1.24 bits per heavy atom. The second-order valence-corrected chi connectivity index (χ2v) is 5.63. The normalized spacial score (nSPS) is 13.3. The van der Waals surface area contributed by atoms with Gasteiger partial charge in [-0.3, -0.25) is 4.79 Å². The minimum absolute atomic E-state index is 0.138. The van der Waals surface area contributed by atoms with E-state index in [1.54, 1.807) is 0 Å². The van der Waals surface area contributed by atoms with Gasteiger partial charge in [0.2, 0.25) is 5.91 Å². The molecule has 0 aliphatic heterocycles. The van der Waals surface area contributed by atoms with Crippen LogP contribution in [0.1, 0.15) is 31.9 Å². The molecule has 94 valence electrons. The Morgan fingerprint density at radius 2 is 1.82 bits per heavy atom. The van der Waals surface area contributed by atoms with E-state index in [1.807, 2.05) is 52.8 Å². The zero-order chi connectivity index (χ0) is 13.2. The standard InChI is InChI=1S/C14H22N2O/c1-9-6-7-11(8-10(9)2)16-13(17)12(15)14(3,4)5/h6-8,12H,15H2,1-5H3,(H,16,17)/t12-/m1/s1. The Hall–Kier alpha value is -1.35. The van der Waals surface area contributed by atoms with Gasteiger partial charge in [0.05, 0.1) is 6.04 Å². The Balaban J connectivity index is 2.78. The third-order valence-electron chi connectivity index (χ3n) is 2.99. The third kappa shape index (κ3) is 3.56. The summed E-state index contributed by atoms with van der Waals surface area (Å²) in [5.41, 5.74) is 8.84. The maximum Gasteiger partial charge on any atom is 0.241 e. The highest BCUT2D eigenvalue weighted by atomic mass is 16.2. The molecule has 0 spiro atoms. The number of rotatable bonds is 2. The van der Waals surface area contributed by atoms with E-state index < -0.39 is 6.04 Å².